The zero-order valence-electron chi connectivity index (χ0n) is 15.1. The molecule has 0 aliphatic heterocycles. The van der Waals surface area contributed by atoms with Gasteiger partial charge in [0.15, 0.2) is 10.3 Å². The molecular weight excluding hydrogens is 424 g/mol. The number of carbonyl (C=O) groups excluding carboxylic acids is 2. The Labute approximate surface area is 179 Å². The van der Waals surface area contributed by atoms with Crippen LogP contribution in [0, 0.1) is 0 Å². The summed E-state index contributed by atoms with van der Waals surface area (Å²) in [5.74, 6) is -0.310. The van der Waals surface area contributed by atoms with Crippen molar-refractivity contribution in [3.63, 3.8) is 0 Å². The number of nitrogens with one attached hydrogen (secondary N) is 2. The zero-order chi connectivity index (χ0) is 20.1. The molecule has 0 radical (unpaired) electrons. The van der Waals surface area contributed by atoms with Crippen molar-refractivity contribution >= 4 is 56.1 Å². The number of aromatic nitrogens is 2. The Bertz CT molecular complexity index is 1100. The first kappa shape index (κ1) is 19.4. The number of rotatable bonds is 7. The first-order valence-corrected chi connectivity index (χ1v) is 11.4. The maximum atomic E-state index is 12.3. The molecule has 0 aliphatic rings. The Balaban J connectivity index is 1.30. The molecule has 3 heterocycles. The molecule has 6 nitrogen and oxygen atoms in total. The molecule has 0 unspecified atom stereocenters. The Morgan fingerprint density at radius 3 is 2.28 bits per heavy atom. The third kappa shape index (κ3) is 5.35. The molecule has 2 N–H and O–H groups in total. The standard InChI is InChI=1S/C20H16N4O2S3/c25-17(23-20-22-16(12-29-20)13-5-2-1-3-6-13)9-14-11-28-19(21-14)24-18(26)10-15-7-4-8-27-15/h1-8,11-12H,9-10H2,(H,21,24,26)(H,22,23,25). The van der Waals surface area contributed by atoms with Gasteiger partial charge in [0.05, 0.1) is 24.2 Å². The highest BCUT2D eigenvalue weighted by Gasteiger charge is 2.12. The number of anilines is 2. The Kier molecular flexibility index (Phi) is 6.09. The minimum Gasteiger partial charge on any atom is -0.302 e. The molecule has 4 aromatic rings. The SMILES string of the molecule is O=C(Cc1cccs1)Nc1nc(CC(=O)Nc2nc(-c3ccccc3)cs2)cs1. The smallest absolute Gasteiger partial charge is 0.232 e. The van der Waals surface area contributed by atoms with Gasteiger partial charge in [0, 0.05) is 21.2 Å². The van der Waals surface area contributed by atoms with Crippen molar-refractivity contribution in [2.75, 3.05) is 10.6 Å². The monoisotopic (exact) mass is 440 g/mol. The van der Waals surface area contributed by atoms with E-state index >= 15 is 0 Å². The van der Waals surface area contributed by atoms with Gasteiger partial charge < -0.3 is 10.6 Å². The average molecular weight is 441 g/mol. The van der Waals surface area contributed by atoms with E-state index in [1.54, 1.807) is 16.7 Å². The molecule has 0 saturated carbocycles. The van der Waals surface area contributed by atoms with E-state index in [1.807, 2.05) is 53.2 Å². The van der Waals surface area contributed by atoms with Crippen molar-refractivity contribution in [2.24, 2.45) is 0 Å². The number of hydrogen-bond acceptors (Lipinski definition) is 7. The van der Waals surface area contributed by atoms with Crippen LogP contribution in [0.2, 0.25) is 0 Å². The van der Waals surface area contributed by atoms with Crippen LogP contribution in [0.4, 0.5) is 10.3 Å². The second kappa shape index (κ2) is 9.08. The molecule has 0 fully saturated rings. The van der Waals surface area contributed by atoms with Gasteiger partial charge in [-0.1, -0.05) is 36.4 Å². The van der Waals surface area contributed by atoms with E-state index in [4.69, 9.17) is 0 Å². The van der Waals surface area contributed by atoms with Crippen LogP contribution in [0.1, 0.15) is 10.6 Å². The van der Waals surface area contributed by atoms with E-state index in [-0.39, 0.29) is 18.2 Å². The molecule has 29 heavy (non-hydrogen) atoms. The minimum atomic E-state index is -0.194. The number of carbonyl (C=O) groups is 2. The van der Waals surface area contributed by atoms with E-state index in [0.717, 1.165) is 16.1 Å². The van der Waals surface area contributed by atoms with Crippen molar-refractivity contribution in [1.82, 2.24) is 9.97 Å². The van der Waals surface area contributed by atoms with E-state index in [9.17, 15) is 9.59 Å². The first-order valence-electron chi connectivity index (χ1n) is 8.73. The maximum absolute atomic E-state index is 12.3. The van der Waals surface area contributed by atoms with Gasteiger partial charge in [-0.2, -0.15) is 0 Å². The molecule has 1 aromatic carbocycles. The van der Waals surface area contributed by atoms with Gasteiger partial charge in [0.2, 0.25) is 11.8 Å². The summed E-state index contributed by atoms with van der Waals surface area (Å²) in [6, 6.07) is 13.6. The quantitative estimate of drug-likeness (QED) is 0.437. The molecule has 2 amide bonds. The lowest BCUT2D eigenvalue weighted by Gasteiger charge is -2.00. The summed E-state index contributed by atoms with van der Waals surface area (Å²) in [4.78, 5) is 34.1. The van der Waals surface area contributed by atoms with Crippen molar-refractivity contribution in [1.29, 1.82) is 0 Å². The number of thiazole rings is 2. The maximum Gasteiger partial charge on any atom is 0.232 e. The lowest BCUT2D eigenvalue weighted by atomic mass is 10.2. The number of hydrogen-bond donors (Lipinski definition) is 2. The van der Waals surface area contributed by atoms with E-state index in [2.05, 4.69) is 20.6 Å². The first-order chi connectivity index (χ1) is 14.2. The van der Waals surface area contributed by atoms with Crippen molar-refractivity contribution in [3.05, 3.63) is 69.2 Å². The fourth-order valence-corrected chi connectivity index (χ4v) is 4.75. The van der Waals surface area contributed by atoms with Gasteiger partial charge in [0.1, 0.15) is 0 Å². The van der Waals surface area contributed by atoms with Gasteiger partial charge in [0.25, 0.3) is 0 Å². The predicted molar refractivity (Wildman–Crippen MR) is 119 cm³/mol. The van der Waals surface area contributed by atoms with Crippen LogP contribution in [0.5, 0.6) is 0 Å². The summed E-state index contributed by atoms with van der Waals surface area (Å²) >= 11 is 4.23. The molecule has 3 aromatic heterocycles. The largest absolute Gasteiger partial charge is 0.302 e. The van der Waals surface area contributed by atoms with Crippen LogP contribution in [-0.4, -0.2) is 21.8 Å². The van der Waals surface area contributed by atoms with E-state index in [1.165, 1.54) is 22.7 Å². The molecule has 0 aliphatic carbocycles. The molecule has 0 bridgehead atoms. The van der Waals surface area contributed by atoms with Crippen molar-refractivity contribution < 1.29 is 9.59 Å². The van der Waals surface area contributed by atoms with Gasteiger partial charge in [-0.3, -0.25) is 9.59 Å². The van der Waals surface area contributed by atoms with Gasteiger partial charge in [-0.05, 0) is 11.4 Å². The summed E-state index contributed by atoms with van der Waals surface area (Å²) in [5.41, 5.74) is 2.45. The van der Waals surface area contributed by atoms with Crippen LogP contribution in [0.15, 0.2) is 58.6 Å². The van der Waals surface area contributed by atoms with Gasteiger partial charge in [-0.15, -0.1) is 34.0 Å². The van der Waals surface area contributed by atoms with E-state index in [0.29, 0.717) is 22.4 Å². The van der Waals surface area contributed by atoms with Crippen LogP contribution in [0.25, 0.3) is 11.3 Å². The summed E-state index contributed by atoms with van der Waals surface area (Å²) in [6.45, 7) is 0. The topological polar surface area (TPSA) is 84.0 Å². The Morgan fingerprint density at radius 1 is 0.793 bits per heavy atom. The number of amides is 2. The summed E-state index contributed by atoms with van der Waals surface area (Å²) in [5, 5.41) is 12.3. The zero-order valence-corrected chi connectivity index (χ0v) is 17.6. The van der Waals surface area contributed by atoms with E-state index < -0.39 is 0 Å². The molecule has 4 rings (SSSR count). The van der Waals surface area contributed by atoms with Crippen molar-refractivity contribution in [2.45, 2.75) is 12.8 Å². The second-order valence-corrected chi connectivity index (χ2v) is 8.83. The number of benzene rings is 1. The highest BCUT2D eigenvalue weighted by molar-refractivity contribution is 7.14. The average Bonchev–Trinajstić information content (AvgIpc) is 3.46. The number of thiophene rings is 1. The summed E-state index contributed by atoms with van der Waals surface area (Å²) in [6.07, 6.45) is 0.443. The lowest BCUT2D eigenvalue weighted by molar-refractivity contribution is -0.116. The lowest BCUT2D eigenvalue weighted by Crippen LogP contribution is -2.15. The van der Waals surface area contributed by atoms with Gasteiger partial charge in [-0.25, -0.2) is 9.97 Å². The normalized spacial score (nSPS) is 10.6. The van der Waals surface area contributed by atoms with Crippen molar-refractivity contribution in [3.8, 4) is 11.3 Å². The third-order valence-electron chi connectivity index (χ3n) is 3.87. The highest BCUT2D eigenvalue weighted by atomic mass is 32.1. The fourth-order valence-electron chi connectivity index (χ4n) is 2.58. The van der Waals surface area contributed by atoms with Crippen LogP contribution >= 0.6 is 34.0 Å². The third-order valence-corrected chi connectivity index (χ3v) is 6.32. The van der Waals surface area contributed by atoms with Gasteiger partial charge >= 0.3 is 0 Å². The van der Waals surface area contributed by atoms with Crippen LogP contribution in [-0.2, 0) is 22.4 Å². The molecule has 0 atom stereocenters. The Morgan fingerprint density at radius 2 is 1.52 bits per heavy atom. The molecule has 146 valence electrons. The summed E-state index contributed by atoms with van der Waals surface area (Å²) in [7, 11) is 0. The van der Waals surface area contributed by atoms with Crippen LogP contribution < -0.4 is 10.6 Å². The minimum absolute atomic E-state index is 0.117. The molecular formula is C20H16N4O2S3. The number of nitrogens with zero attached hydrogens (tertiary/aromatic N) is 2. The summed E-state index contributed by atoms with van der Waals surface area (Å²) < 4.78 is 0. The molecule has 0 saturated heterocycles. The molecule has 0 spiro atoms. The van der Waals surface area contributed by atoms with Crippen LogP contribution in [0.3, 0.4) is 0 Å². The predicted octanol–water partition coefficient (Wildman–Crippen LogP) is 4.69. The molecule has 9 heteroatoms. The highest BCUT2D eigenvalue weighted by Crippen LogP contribution is 2.25. The Hall–Kier alpha value is -2.88. The fraction of sp³-hybridized carbons (Fsp3) is 0.100. The second-order valence-electron chi connectivity index (χ2n) is 6.08.